The summed E-state index contributed by atoms with van der Waals surface area (Å²) < 4.78 is 0. The molecule has 1 heterocycles. The van der Waals surface area contributed by atoms with Gasteiger partial charge in [-0.25, -0.2) is 4.79 Å². The molecule has 1 aliphatic rings. The van der Waals surface area contributed by atoms with E-state index in [1.165, 1.54) is 0 Å². The Morgan fingerprint density at radius 3 is 2.90 bits per heavy atom. The Morgan fingerprint density at radius 2 is 2.29 bits per heavy atom. The van der Waals surface area contributed by atoms with Gasteiger partial charge in [-0.2, -0.15) is 0 Å². The van der Waals surface area contributed by atoms with E-state index in [1.807, 2.05) is 24.1 Å². The molecule has 2 rings (SSSR count). The second kappa shape index (κ2) is 7.14. The molecule has 0 radical (unpaired) electrons. The average molecular weight is 310 g/mol. The molecular weight excluding hydrogens is 286 g/mol. The Morgan fingerprint density at radius 1 is 1.52 bits per heavy atom. The predicted molar refractivity (Wildman–Crippen MR) is 87.9 cm³/mol. The Hall–Kier alpha value is -1.26. The quantitative estimate of drug-likeness (QED) is 0.927. The number of benzene rings is 1. The molecule has 1 fully saturated rings. The summed E-state index contributed by atoms with van der Waals surface area (Å²) in [7, 11) is 1.88. The molecule has 116 valence electrons. The molecule has 0 saturated carbocycles. The first-order valence-electron chi connectivity index (χ1n) is 7.53. The van der Waals surface area contributed by atoms with Gasteiger partial charge in [-0.15, -0.1) is 0 Å². The summed E-state index contributed by atoms with van der Waals surface area (Å²) in [6.45, 7) is 7.59. The zero-order chi connectivity index (χ0) is 15.4. The SMILES string of the molecule is CCN1CCC(N(C)C(=O)Nc2cccc(Cl)c2)C(C)C1. The van der Waals surface area contributed by atoms with Crippen LogP contribution >= 0.6 is 11.6 Å². The minimum Gasteiger partial charge on any atom is -0.324 e. The van der Waals surface area contributed by atoms with Gasteiger partial charge in [-0.1, -0.05) is 31.5 Å². The first kappa shape index (κ1) is 16.1. The number of nitrogens with zero attached hydrogens (tertiary/aromatic N) is 2. The van der Waals surface area contributed by atoms with Crippen molar-refractivity contribution in [2.75, 3.05) is 32.0 Å². The molecule has 0 aliphatic carbocycles. The van der Waals surface area contributed by atoms with Crippen LogP contribution in [0.1, 0.15) is 20.3 Å². The van der Waals surface area contributed by atoms with Crippen molar-refractivity contribution in [1.82, 2.24) is 9.80 Å². The lowest BCUT2D eigenvalue weighted by Gasteiger charge is -2.40. The van der Waals surface area contributed by atoms with Crippen molar-refractivity contribution in [2.24, 2.45) is 5.92 Å². The van der Waals surface area contributed by atoms with Crippen molar-refractivity contribution in [3.63, 3.8) is 0 Å². The number of hydrogen-bond donors (Lipinski definition) is 1. The molecule has 21 heavy (non-hydrogen) atoms. The third-order valence-electron chi connectivity index (χ3n) is 4.29. The number of rotatable bonds is 3. The summed E-state index contributed by atoms with van der Waals surface area (Å²) in [6, 6.07) is 7.45. The van der Waals surface area contributed by atoms with E-state index in [0.717, 1.165) is 31.7 Å². The lowest BCUT2D eigenvalue weighted by molar-refractivity contribution is 0.101. The molecule has 1 N–H and O–H groups in total. The molecule has 2 amide bonds. The van der Waals surface area contributed by atoms with E-state index in [1.54, 1.807) is 12.1 Å². The van der Waals surface area contributed by atoms with Gasteiger partial charge in [0.2, 0.25) is 0 Å². The number of urea groups is 1. The highest BCUT2D eigenvalue weighted by Crippen LogP contribution is 2.22. The summed E-state index contributed by atoms with van der Waals surface area (Å²) in [4.78, 5) is 16.6. The zero-order valence-corrected chi connectivity index (χ0v) is 13.7. The molecular formula is C16H24ClN3O. The van der Waals surface area contributed by atoms with Crippen LogP contribution in [0.5, 0.6) is 0 Å². The summed E-state index contributed by atoms with van der Waals surface area (Å²) in [5.41, 5.74) is 0.734. The minimum atomic E-state index is -0.0703. The minimum absolute atomic E-state index is 0.0703. The number of hydrogen-bond acceptors (Lipinski definition) is 2. The third-order valence-corrected chi connectivity index (χ3v) is 4.52. The lowest BCUT2D eigenvalue weighted by Crippen LogP contribution is -2.51. The van der Waals surface area contributed by atoms with Crippen LogP contribution in [-0.2, 0) is 0 Å². The van der Waals surface area contributed by atoms with Crippen molar-refractivity contribution in [1.29, 1.82) is 0 Å². The molecule has 0 bridgehead atoms. The van der Waals surface area contributed by atoms with Crippen molar-refractivity contribution in [3.05, 3.63) is 29.3 Å². The number of piperidine rings is 1. The number of nitrogens with one attached hydrogen (secondary N) is 1. The summed E-state index contributed by atoms with van der Waals surface area (Å²) >= 11 is 5.94. The van der Waals surface area contributed by atoms with Gasteiger partial charge in [-0.05, 0) is 37.1 Å². The van der Waals surface area contributed by atoms with Crippen LogP contribution in [0.15, 0.2) is 24.3 Å². The lowest BCUT2D eigenvalue weighted by atomic mass is 9.93. The van der Waals surface area contributed by atoms with Crippen molar-refractivity contribution >= 4 is 23.3 Å². The maximum absolute atomic E-state index is 12.4. The Kier molecular flexibility index (Phi) is 5.48. The van der Waals surface area contributed by atoms with E-state index in [9.17, 15) is 4.79 Å². The van der Waals surface area contributed by atoms with Gasteiger partial charge >= 0.3 is 6.03 Å². The van der Waals surface area contributed by atoms with Gasteiger partial charge in [0, 0.05) is 36.9 Å². The third kappa shape index (κ3) is 4.11. The highest BCUT2D eigenvalue weighted by Gasteiger charge is 2.30. The fourth-order valence-electron chi connectivity index (χ4n) is 3.01. The summed E-state index contributed by atoms with van der Waals surface area (Å²) in [5.74, 6) is 0.480. The summed E-state index contributed by atoms with van der Waals surface area (Å²) in [5, 5.41) is 3.54. The smallest absolute Gasteiger partial charge is 0.321 e. The normalized spacial score (nSPS) is 22.9. The average Bonchev–Trinajstić information content (AvgIpc) is 2.46. The van der Waals surface area contributed by atoms with Gasteiger partial charge in [0.25, 0.3) is 0 Å². The van der Waals surface area contributed by atoms with Gasteiger partial charge in [0.15, 0.2) is 0 Å². The highest BCUT2D eigenvalue weighted by molar-refractivity contribution is 6.30. The topological polar surface area (TPSA) is 35.6 Å². The van der Waals surface area contributed by atoms with Crippen LogP contribution in [-0.4, -0.2) is 48.6 Å². The maximum Gasteiger partial charge on any atom is 0.321 e. The molecule has 0 spiro atoms. The predicted octanol–water partition coefficient (Wildman–Crippen LogP) is 3.53. The molecule has 4 nitrogen and oxygen atoms in total. The van der Waals surface area contributed by atoms with E-state index in [0.29, 0.717) is 10.9 Å². The zero-order valence-electron chi connectivity index (χ0n) is 13.0. The second-order valence-corrected chi connectivity index (χ2v) is 6.21. The summed E-state index contributed by atoms with van der Waals surface area (Å²) in [6.07, 6.45) is 1.02. The van der Waals surface area contributed by atoms with Crippen LogP contribution in [0.3, 0.4) is 0 Å². The van der Waals surface area contributed by atoms with Crippen molar-refractivity contribution in [2.45, 2.75) is 26.3 Å². The van der Waals surface area contributed by atoms with E-state index in [4.69, 9.17) is 11.6 Å². The van der Waals surface area contributed by atoms with E-state index in [2.05, 4.69) is 24.1 Å². The van der Waals surface area contributed by atoms with Gasteiger partial charge < -0.3 is 15.1 Å². The molecule has 1 aromatic rings. The van der Waals surface area contributed by atoms with E-state index in [-0.39, 0.29) is 12.1 Å². The number of carbonyl (C=O) groups is 1. The van der Waals surface area contributed by atoms with Crippen LogP contribution in [0, 0.1) is 5.92 Å². The molecule has 5 heteroatoms. The number of anilines is 1. The molecule has 0 aromatic heterocycles. The number of likely N-dealkylation sites (tertiary alicyclic amines) is 1. The molecule has 2 atom stereocenters. The largest absolute Gasteiger partial charge is 0.324 e. The van der Waals surface area contributed by atoms with Gasteiger partial charge in [0.05, 0.1) is 0 Å². The van der Waals surface area contributed by atoms with Crippen LogP contribution in [0.4, 0.5) is 10.5 Å². The van der Waals surface area contributed by atoms with Crippen molar-refractivity contribution < 1.29 is 4.79 Å². The fraction of sp³-hybridized carbons (Fsp3) is 0.562. The molecule has 1 aliphatic heterocycles. The van der Waals surface area contributed by atoms with E-state index < -0.39 is 0 Å². The second-order valence-electron chi connectivity index (χ2n) is 5.78. The first-order chi connectivity index (χ1) is 10.0. The number of halogens is 1. The molecule has 1 saturated heterocycles. The Labute approximate surface area is 132 Å². The standard InChI is InChI=1S/C16H24ClN3O/c1-4-20-9-8-15(12(2)11-20)19(3)16(21)18-14-7-5-6-13(17)10-14/h5-7,10,12,15H,4,8-9,11H2,1-3H3,(H,18,21). The van der Waals surface area contributed by atoms with Gasteiger partial charge in [-0.3, -0.25) is 0 Å². The highest BCUT2D eigenvalue weighted by atomic mass is 35.5. The van der Waals surface area contributed by atoms with Crippen LogP contribution in [0.2, 0.25) is 5.02 Å². The van der Waals surface area contributed by atoms with Crippen LogP contribution < -0.4 is 5.32 Å². The first-order valence-corrected chi connectivity index (χ1v) is 7.90. The van der Waals surface area contributed by atoms with E-state index >= 15 is 0 Å². The maximum atomic E-state index is 12.4. The number of amides is 2. The van der Waals surface area contributed by atoms with Crippen molar-refractivity contribution in [3.8, 4) is 0 Å². The fourth-order valence-corrected chi connectivity index (χ4v) is 3.20. The molecule has 2 unspecified atom stereocenters. The van der Waals surface area contributed by atoms with Crippen LogP contribution in [0.25, 0.3) is 0 Å². The number of carbonyl (C=O) groups excluding carboxylic acids is 1. The monoisotopic (exact) mass is 309 g/mol. The Bertz CT molecular complexity index is 494. The molecule has 1 aromatic carbocycles. The van der Waals surface area contributed by atoms with Gasteiger partial charge in [0.1, 0.15) is 0 Å². The Balaban J connectivity index is 1.96.